The van der Waals surface area contributed by atoms with Gasteiger partial charge >= 0.3 is 6.09 Å². The van der Waals surface area contributed by atoms with E-state index in [-0.39, 0.29) is 65.8 Å². The van der Waals surface area contributed by atoms with Gasteiger partial charge in [0, 0.05) is 31.8 Å². The number of amides is 1. The first-order chi connectivity index (χ1) is 14.5. The predicted octanol–water partition coefficient (Wildman–Crippen LogP) is 1.92. The fraction of sp³-hybridized carbons (Fsp3) is 0.438. The maximum atomic E-state index is 11.4. The maximum Gasteiger partial charge on any atom is 0.407 e. The number of aromatic nitrogens is 1. The third kappa shape index (κ3) is 3.19. The topological polar surface area (TPSA) is 57.4 Å². The number of ether oxygens (including phenoxy) is 1. The molecule has 0 unspecified atom stereocenters. The lowest BCUT2D eigenvalue weighted by Crippen LogP contribution is -2.28. The number of hydrogen-bond acceptors (Lipinski definition) is 3. The number of H-pyrrole nitrogens is 1. The van der Waals surface area contributed by atoms with E-state index in [1.54, 1.807) is 0 Å². The molecule has 2 N–H and O–H groups in total. The van der Waals surface area contributed by atoms with Crippen LogP contribution >= 0.6 is 0 Å². The fourth-order valence-corrected chi connectivity index (χ4v) is 2.14. The van der Waals surface area contributed by atoms with Crippen LogP contribution < -0.4 is 5.32 Å². The molecule has 5 nitrogen and oxygen atoms in total. The summed E-state index contributed by atoms with van der Waals surface area (Å²) in [7, 11) is 0. The van der Waals surface area contributed by atoms with Crippen LogP contribution in [0.5, 0.6) is 0 Å². The molecular weight excluding hydrogens is 266 g/mol. The Balaban J connectivity index is 2.06. The smallest absolute Gasteiger partial charge is 0.407 e. The molecule has 0 aliphatic carbocycles. The largest absolute Gasteiger partial charge is 0.447 e. The van der Waals surface area contributed by atoms with Gasteiger partial charge in [-0.25, -0.2) is 4.79 Å². The van der Waals surface area contributed by atoms with Crippen LogP contribution in [-0.2, 0) is 17.6 Å². The van der Waals surface area contributed by atoms with Gasteiger partial charge in [-0.1, -0.05) is 6.04 Å². The fourth-order valence-electron chi connectivity index (χ4n) is 2.14. The van der Waals surface area contributed by atoms with E-state index >= 15 is 0 Å². The van der Waals surface area contributed by atoms with Crippen LogP contribution in [0.1, 0.15) is 26.2 Å². The zero-order valence-corrected chi connectivity index (χ0v) is 11.1. The molecule has 1 aromatic heterocycles. The van der Waals surface area contributed by atoms with Gasteiger partial charge in [-0.15, -0.1) is 0 Å². The zero-order chi connectivity index (χ0) is 24.2. The molecule has 1 aromatic carbocycles. The summed E-state index contributed by atoms with van der Waals surface area (Å²) in [6.07, 6.45) is -1.56. The molecule has 2 aromatic rings. The molecule has 5 heteroatoms. The average Bonchev–Trinajstić information content (AvgIpc) is 3.14. The Kier molecular flexibility index (Phi) is 1.65. The average molecular weight is 298 g/mol. The Morgan fingerprint density at radius 3 is 3.24 bits per heavy atom. The van der Waals surface area contributed by atoms with E-state index in [9.17, 15) is 4.79 Å². The second kappa shape index (κ2) is 5.77. The van der Waals surface area contributed by atoms with Crippen molar-refractivity contribution >= 4 is 17.0 Å². The number of benzene rings is 1. The van der Waals surface area contributed by atoms with Gasteiger partial charge in [-0.05, 0) is 50.0 Å². The van der Waals surface area contributed by atoms with Gasteiger partial charge in [0.1, 0.15) is 6.61 Å². The lowest BCUT2D eigenvalue weighted by atomic mass is 10.0. The van der Waals surface area contributed by atoms with Crippen molar-refractivity contribution < 1.29 is 24.6 Å². The third-order valence-electron chi connectivity index (χ3n) is 3.14. The molecule has 2 heterocycles. The van der Waals surface area contributed by atoms with Gasteiger partial charge in [-0.3, -0.25) is 0 Å². The Morgan fingerprint density at radius 2 is 2.48 bits per heavy atom. The summed E-state index contributed by atoms with van der Waals surface area (Å²) in [5, 5.41) is 2.37. The standard InChI is InChI=1S/C16H21N3O2/c1-19(2)6-5-12-9-17-15-4-3-11(8-14(12)15)7-13-10-21-16(20)18-13/h3-4,8-9,13,17H,5-7,10H2,1-2H3,(H,18,20)/t13-/m0/s1/i1D3,2D3,3D,4D,8D,9D,13D. The Bertz CT molecular complexity index is 1050. The van der Waals surface area contributed by atoms with Crippen LogP contribution in [0.25, 0.3) is 10.9 Å². The van der Waals surface area contributed by atoms with Gasteiger partial charge in [-0.2, -0.15) is 0 Å². The Hall–Kier alpha value is -2.01. The monoisotopic (exact) mass is 298 g/mol. The number of cyclic esters (lactones) is 1. The highest BCUT2D eigenvalue weighted by Crippen LogP contribution is 2.21. The maximum absolute atomic E-state index is 11.4. The number of nitrogens with zero attached hydrogens (tertiary/aromatic N) is 1. The zero-order valence-electron chi connectivity index (χ0n) is 22.1. The highest BCUT2D eigenvalue weighted by Gasteiger charge is 2.22. The summed E-state index contributed by atoms with van der Waals surface area (Å²) in [5.74, 6) is 0. The number of rotatable bonds is 5. The van der Waals surface area contributed by atoms with Gasteiger partial charge < -0.3 is 19.9 Å². The summed E-state index contributed by atoms with van der Waals surface area (Å²) < 4.78 is 91.2. The van der Waals surface area contributed by atoms with Crippen LogP contribution in [0.2, 0.25) is 0 Å². The summed E-state index contributed by atoms with van der Waals surface area (Å²) >= 11 is 0. The number of carbonyl (C=O) groups excluding carboxylic acids is 1. The van der Waals surface area contributed by atoms with E-state index in [1.165, 1.54) is 0 Å². The molecule has 1 aliphatic heterocycles. The third-order valence-corrected chi connectivity index (χ3v) is 3.14. The molecule has 3 rings (SSSR count). The van der Waals surface area contributed by atoms with Crippen molar-refractivity contribution in [2.45, 2.75) is 18.9 Å². The minimum atomic E-state index is -2.91. The lowest BCUT2D eigenvalue weighted by molar-refractivity contribution is 0.177. The molecule has 1 atom stereocenters. The SMILES string of the molecule is [2H]c1[nH]c2c([2H])c([2H])c(C[C@@]3([2H])COC(=O)N3)c([2H])c2c1CCN(C([2H])([2H])[2H])C([2H])([2H])[2H]. The number of likely N-dealkylation sites (N-methyl/N-ethyl adjacent to an activating group) is 1. The Morgan fingerprint density at radius 1 is 1.57 bits per heavy atom. The summed E-state index contributed by atoms with van der Waals surface area (Å²) in [6, 6.07) is -2.58. The van der Waals surface area contributed by atoms with E-state index in [4.69, 9.17) is 19.8 Å². The van der Waals surface area contributed by atoms with Gasteiger partial charge in [0.05, 0.1) is 12.9 Å². The quantitative estimate of drug-likeness (QED) is 0.887. The molecule has 1 amide bonds. The predicted molar refractivity (Wildman–Crippen MR) is 82.5 cm³/mol. The molecule has 0 radical (unpaired) electrons. The van der Waals surface area contributed by atoms with Gasteiger partial charge in [0.15, 0.2) is 0 Å². The van der Waals surface area contributed by atoms with Crippen molar-refractivity contribution in [3.8, 4) is 0 Å². The minimum Gasteiger partial charge on any atom is -0.447 e. The molecule has 0 spiro atoms. The van der Waals surface area contributed by atoms with Crippen molar-refractivity contribution in [2.24, 2.45) is 0 Å². The minimum absolute atomic E-state index is 0.0174. The molecule has 112 valence electrons. The molecule has 21 heavy (non-hydrogen) atoms. The molecule has 0 bridgehead atoms. The van der Waals surface area contributed by atoms with E-state index in [1.807, 2.05) is 0 Å². The van der Waals surface area contributed by atoms with E-state index in [2.05, 4.69) is 10.3 Å². The number of fused-ring (bicyclic) bond motifs is 1. The van der Waals surface area contributed by atoms with E-state index < -0.39 is 32.6 Å². The summed E-state index contributed by atoms with van der Waals surface area (Å²) in [5.41, 5.74) is 0.125. The lowest BCUT2D eigenvalue weighted by Gasteiger charge is -2.09. The van der Waals surface area contributed by atoms with Crippen molar-refractivity contribution in [2.75, 3.05) is 27.1 Å². The van der Waals surface area contributed by atoms with Crippen molar-refractivity contribution in [3.63, 3.8) is 0 Å². The normalized spacial score (nSPS) is 30.5. The number of alkyl carbamates (subject to hydrolysis) is 1. The number of hydrogen-bond donors (Lipinski definition) is 2. The van der Waals surface area contributed by atoms with Gasteiger partial charge in [0.25, 0.3) is 0 Å². The second-order valence-corrected chi connectivity index (χ2v) is 4.72. The first-order valence-corrected chi connectivity index (χ1v) is 6.37. The van der Waals surface area contributed by atoms with Crippen molar-refractivity contribution in [1.82, 2.24) is 15.2 Å². The van der Waals surface area contributed by atoms with Crippen LogP contribution in [0.4, 0.5) is 4.79 Å². The van der Waals surface area contributed by atoms with E-state index in [0.717, 1.165) is 0 Å². The molecule has 1 fully saturated rings. The number of nitrogens with one attached hydrogen (secondary N) is 2. The van der Waals surface area contributed by atoms with Crippen LogP contribution in [0.15, 0.2) is 24.3 Å². The number of carbonyl (C=O) groups is 1. The van der Waals surface area contributed by atoms with Crippen molar-refractivity contribution in [3.05, 3.63) is 35.4 Å². The van der Waals surface area contributed by atoms with Crippen LogP contribution in [0.3, 0.4) is 0 Å². The number of aromatic amines is 1. The summed E-state index contributed by atoms with van der Waals surface area (Å²) in [6.45, 7) is -6.61. The van der Waals surface area contributed by atoms with E-state index in [0.29, 0.717) is 4.90 Å². The first kappa shape index (κ1) is 6.01. The van der Waals surface area contributed by atoms with Crippen LogP contribution in [0, 0.1) is 0 Å². The molecule has 1 aliphatic rings. The van der Waals surface area contributed by atoms with Crippen molar-refractivity contribution in [1.29, 1.82) is 0 Å². The van der Waals surface area contributed by atoms with Crippen LogP contribution in [-0.4, -0.2) is 49.1 Å². The first-order valence-electron chi connectivity index (χ1n) is 11.9. The summed E-state index contributed by atoms with van der Waals surface area (Å²) in [4.78, 5) is 14.3. The molecule has 1 saturated heterocycles. The molecular formula is C16H21N3O2. The highest BCUT2D eigenvalue weighted by atomic mass is 16.6. The molecule has 0 saturated carbocycles. The highest BCUT2D eigenvalue weighted by molar-refractivity contribution is 5.84. The Labute approximate surface area is 139 Å². The second-order valence-electron chi connectivity index (χ2n) is 4.72. The van der Waals surface area contributed by atoms with Gasteiger partial charge in [0.2, 0.25) is 0 Å².